The number of nitrogens with one attached hydrogen (secondary N) is 2. The van der Waals surface area contributed by atoms with Gasteiger partial charge in [0.15, 0.2) is 0 Å². The van der Waals surface area contributed by atoms with Gasteiger partial charge in [-0.1, -0.05) is 0 Å². The van der Waals surface area contributed by atoms with Gasteiger partial charge in [0.1, 0.15) is 6.61 Å². The van der Waals surface area contributed by atoms with Crippen LogP contribution in [-0.4, -0.2) is 40.9 Å². The highest BCUT2D eigenvalue weighted by Gasteiger charge is 2.57. The van der Waals surface area contributed by atoms with E-state index in [4.69, 9.17) is 4.74 Å². The Morgan fingerprint density at radius 1 is 1.55 bits per heavy atom. The molecule has 1 saturated carbocycles. The molecule has 6 nitrogen and oxygen atoms in total. The summed E-state index contributed by atoms with van der Waals surface area (Å²) in [6, 6.07) is 1.81. The average molecular weight is 278 g/mol. The van der Waals surface area contributed by atoms with E-state index >= 15 is 0 Å². The first kappa shape index (κ1) is 13.4. The van der Waals surface area contributed by atoms with E-state index in [0.717, 1.165) is 13.1 Å². The number of carbonyl (C=O) groups is 1. The van der Waals surface area contributed by atoms with Crippen LogP contribution in [0.1, 0.15) is 13.8 Å². The van der Waals surface area contributed by atoms with E-state index in [1.165, 1.54) is 0 Å². The van der Waals surface area contributed by atoms with E-state index in [9.17, 15) is 4.79 Å². The van der Waals surface area contributed by atoms with Gasteiger partial charge in [-0.05, 0) is 38.8 Å². The number of carbonyl (C=O) groups excluding carboxylic acids is 1. The molecular weight excluding hydrogens is 256 g/mol. The van der Waals surface area contributed by atoms with Gasteiger partial charge in [0, 0.05) is 19.0 Å². The number of rotatable bonds is 5. The molecule has 1 aromatic rings. The Balaban J connectivity index is 1.51. The molecule has 2 heterocycles. The molecule has 0 radical (unpaired) electrons. The molecule has 2 fully saturated rings. The number of aryl methyl sites for hydroxylation is 1. The lowest BCUT2D eigenvalue weighted by atomic mass is 10.1. The SMILES string of the molecule is Cn1nccc1OCC(C)(C)NC(=O)[C@H]1[C@@H]2CNC[C@@H]21. The minimum atomic E-state index is -0.383. The van der Waals surface area contributed by atoms with Gasteiger partial charge >= 0.3 is 0 Å². The Bertz CT molecular complexity index is 501. The highest BCUT2D eigenvalue weighted by molar-refractivity contribution is 5.83. The highest BCUT2D eigenvalue weighted by Crippen LogP contribution is 2.48. The molecule has 0 aromatic carbocycles. The third-order valence-corrected chi connectivity index (χ3v) is 4.21. The molecule has 0 bridgehead atoms. The second-order valence-corrected chi connectivity index (χ2v) is 6.47. The van der Waals surface area contributed by atoms with E-state index in [2.05, 4.69) is 15.7 Å². The fourth-order valence-electron chi connectivity index (χ4n) is 3.02. The molecule has 1 aliphatic heterocycles. The minimum Gasteiger partial charge on any atom is -0.475 e. The molecule has 1 amide bonds. The molecule has 3 rings (SSSR count). The molecule has 1 saturated heterocycles. The van der Waals surface area contributed by atoms with Crippen LogP contribution in [0.25, 0.3) is 0 Å². The fourth-order valence-corrected chi connectivity index (χ4v) is 3.02. The molecular formula is C14H22N4O2. The van der Waals surface area contributed by atoms with E-state index in [1.807, 2.05) is 27.0 Å². The molecule has 2 N–H and O–H groups in total. The summed E-state index contributed by atoms with van der Waals surface area (Å²) >= 11 is 0. The topological polar surface area (TPSA) is 68.2 Å². The van der Waals surface area contributed by atoms with Crippen LogP contribution in [0.5, 0.6) is 5.88 Å². The van der Waals surface area contributed by atoms with Crippen LogP contribution in [0.4, 0.5) is 0 Å². The molecule has 0 spiro atoms. The Labute approximate surface area is 118 Å². The third kappa shape index (κ3) is 2.52. The average Bonchev–Trinajstić information content (AvgIpc) is 2.74. The van der Waals surface area contributed by atoms with Crippen LogP contribution in [0.2, 0.25) is 0 Å². The smallest absolute Gasteiger partial charge is 0.224 e. The summed E-state index contributed by atoms with van der Waals surface area (Å²) in [4.78, 5) is 12.3. The van der Waals surface area contributed by atoms with Gasteiger partial charge in [-0.15, -0.1) is 0 Å². The van der Waals surface area contributed by atoms with Gasteiger partial charge in [0.2, 0.25) is 11.8 Å². The number of amides is 1. The highest BCUT2D eigenvalue weighted by atomic mass is 16.5. The number of ether oxygens (including phenoxy) is 1. The van der Waals surface area contributed by atoms with Crippen molar-refractivity contribution < 1.29 is 9.53 Å². The van der Waals surface area contributed by atoms with Crippen molar-refractivity contribution in [2.24, 2.45) is 24.8 Å². The summed E-state index contributed by atoms with van der Waals surface area (Å²) in [5, 5.41) is 10.5. The Hall–Kier alpha value is -1.56. The number of piperidine rings is 1. The lowest BCUT2D eigenvalue weighted by Gasteiger charge is -2.26. The summed E-state index contributed by atoms with van der Waals surface area (Å²) in [6.07, 6.45) is 1.69. The van der Waals surface area contributed by atoms with Crippen LogP contribution in [0.3, 0.4) is 0 Å². The van der Waals surface area contributed by atoms with Crippen molar-refractivity contribution in [3.63, 3.8) is 0 Å². The molecule has 3 atom stereocenters. The van der Waals surface area contributed by atoms with Crippen molar-refractivity contribution >= 4 is 5.91 Å². The van der Waals surface area contributed by atoms with Crippen molar-refractivity contribution in [3.05, 3.63) is 12.3 Å². The van der Waals surface area contributed by atoms with Crippen molar-refractivity contribution in [1.82, 2.24) is 20.4 Å². The van der Waals surface area contributed by atoms with Gasteiger partial charge in [-0.25, -0.2) is 4.68 Å². The van der Waals surface area contributed by atoms with Crippen molar-refractivity contribution in [2.75, 3.05) is 19.7 Å². The lowest BCUT2D eigenvalue weighted by molar-refractivity contribution is -0.125. The number of hydrogen-bond acceptors (Lipinski definition) is 4. The summed E-state index contributed by atoms with van der Waals surface area (Å²) < 4.78 is 7.39. The van der Waals surface area contributed by atoms with Gasteiger partial charge in [-0.2, -0.15) is 5.10 Å². The van der Waals surface area contributed by atoms with Crippen LogP contribution < -0.4 is 15.4 Å². The maximum atomic E-state index is 12.3. The zero-order valence-corrected chi connectivity index (χ0v) is 12.2. The number of nitrogens with zero attached hydrogens (tertiary/aromatic N) is 2. The zero-order valence-electron chi connectivity index (χ0n) is 12.2. The molecule has 1 aromatic heterocycles. The molecule has 20 heavy (non-hydrogen) atoms. The maximum Gasteiger partial charge on any atom is 0.224 e. The monoisotopic (exact) mass is 278 g/mol. The zero-order chi connectivity index (χ0) is 14.3. The molecule has 1 aliphatic carbocycles. The second kappa shape index (κ2) is 4.77. The summed E-state index contributed by atoms with van der Waals surface area (Å²) in [5.41, 5.74) is -0.383. The minimum absolute atomic E-state index is 0.167. The van der Waals surface area contributed by atoms with E-state index < -0.39 is 0 Å². The summed E-state index contributed by atoms with van der Waals surface area (Å²) in [7, 11) is 1.83. The molecule has 2 aliphatic rings. The Morgan fingerprint density at radius 3 is 2.85 bits per heavy atom. The Kier molecular flexibility index (Phi) is 3.20. The summed E-state index contributed by atoms with van der Waals surface area (Å²) in [6.45, 7) is 6.36. The quantitative estimate of drug-likeness (QED) is 0.805. The van der Waals surface area contributed by atoms with E-state index in [1.54, 1.807) is 10.9 Å². The Morgan fingerprint density at radius 2 is 2.25 bits per heavy atom. The summed E-state index contributed by atoms with van der Waals surface area (Å²) in [5.74, 6) is 2.17. The first-order valence-electron chi connectivity index (χ1n) is 7.11. The van der Waals surface area contributed by atoms with Gasteiger partial charge in [0.05, 0.1) is 11.7 Å². The maximum absolute atomic E-state index is 12.3. The molecule has 6 heteroatoms. The van der Waals surface area contributed by atoms with Crippen LogP contribution >= 0.6 is 0 Å². The second-order valence-electron chi connectivity index (χ2n) is 6.47. The van der Waals surface area contributed by atoms with Crippen molar-refractivity contribution in [2.45, 2.75) is 19.4 Å². The number of hydrogen-bond donors (Lipinski definition) is 2. The number of fused-ring (bicyclic) bond motifs is 1. The van der Waals surface area contributed by atoms with E-state index in [0.29, 0.717) is 24.3 Å². The van der Waals surface area contributed by atoms with E-state index in [-0.39, 0.29) is 17.4 Å². The molecule has 0 unspecified atom stereocenters. The third-order valence-electron chi connectivity index (χ3n) is 4.21. The lowest BCUT2D eigenvalue weighted by Crippen LogP contribution is -2.49. The fraction of sp³-hybridized carbons (Fsp3) is 0.714. The van der Waals surface area contributed by atoms with Crippen molar-refractivity contribution in [3.8, 4) is 5.88 Å². The first-order valence-corrected chi connectivity index (χ1v) is 7.11. The van der Waals surface area contributed by atoms with Crippen LogP contribution in [0.15, 0.2) is 12.3 Å². The first-order chi connectivity index (χ1) is 9.48. The van der Waals surface area contributed by atoms with Gasteiger partial charge < -0.3 is 15.4 Å². The van der Waals surface area contributed by atoms with Gasteiger partial charge in [-0.3, -0.25) is 4.79 Å². The standard InChI is InChI=1S/C14H22N4O2/c1-14(2,8-20-11-4-5-16-18(11)3)17-13(19)12-9-6-15-7-10(9)12/h4-5,9-10,12,15H,6-8H2,1-3H3,(H,17,19)/t9-,10+,12+. The predicted octanol–water partition coefficient (Wildman–Crippen LogP) is 0.159. The molecule has 110 valence electrons. The van der Waals surface area contributed by atoms with Crippen LogP contribution in [-0.2, 0) is 11.8 Å². The number of aromatic nitrogens is 2. The largest absolute Gasteiger partial charge is 0.475 e. The van der Waals surface area contributed by atoms with Crippen molar-refractivity contribution in [1.29, 1.82) is 0 Å². The predicted molar refractivity (Wildman–Crippen MR) is 74.3 cm³/mol. The van der Waals surface area contributed by atoms with Crippen LogP contribution in [0, 0.1) is 17.8 Å². The van der Waals surface area contributed by atoms with Gasteiger partial charge in [0.25, 0.3) is 0 Å². The normalized spacial score (nSPS) is 28.1.